The molecule has 3 heteroatoms. The molecule has 0 radical (unpaired) electrons. The van der Waals surface area contributed by atoms with Crippen LogP contribution in [0.5, 0.6) is 5.75 Å². The molecule has 0 fully saturated rings. The largest absolute Gasteiger partial charge is 0.497 e. The lowest BCUT2D eigenvalue weighted by Crippen LogP contribution is -2.46. The van der Waals surface area contributed by atoms with E-state index in [9.17, 15) is 5.11 Å². The third kappa shape index (κ3) is 2.84. The van der Waals surface area contributed by atoms with Gasteiger partial charge < -0.3 is 9.84 Å². The van der Waals surface area contributed by atoms with E-state index in [4.69, 9.17) is 4.74 Å². The van der Waals surface area contributed by atoms with Crippen LogP contribution in [0.3, 0.4) is 0 Å². The van der Waals surface area contributed by atoms with Crippen molar-refractivity contribution >= 4 is 0 Å². The van der Waals surface area contributed by atoms with Crippen molar-refractivity contribution in [3.8, 4) is 5.75 Å². The van der Waals surface area contributed by atoms with E-state index in [-0.39, 0.29) is 6.04 Å². The van der Waals surface area contributed by atoms with Crippen LogP contribution in [0.15, 0.2) is 18.2 Å². The number of aliphatic hydroxyl groups excluding tert-OH is 1. The van der Waals surface area contributed by atoms with Gasteiger partial charge in [0.25, 0.3) is 0 Å². The first-order valence-corrected chi connectivity index (χ1v) is 7.72. The molecule has 1 N–H and O–H groups in total. The van der Waals surface area contributed by atoms with Gasteiger partial charge in [0, 0.05) is 12.1 Å². The summed E-state index contributed by atoms with van der Waals surface area (Å²) in [6, 6.07) is 6.78. The van der Waals surface area contributed by atoms with Gasteiger partial charge in [-0.15, -0.1) is 0 Å². The summed E-state index contributed by atoms with van der Waals surface area (Å²) in [4.78, 5) is 2.44. The SMILES string of the molecule is CCC(C)N(CC)C1CCc2cc(OC)ccc2C1O. The molecule has 1 aromatic rings. The average Bonchev–Trinajstić information content (AvgIpc) is 2.49. The minimum absolute atomic E-state index is 0.232. The van der Waals surface area contributed by atoms with E-state index in [2.05, 4.69) is 31.7 Å². The molecule has 3 atom stereocenters. The quantitative estimate of drug-likeness (QED) is 0.897. The molecule has 1 aliphatic rings. The Morgan fingerprint density at radius 1 is 1.40 bits per heavy atom. The van der Waals surface area contributed by atoms with Crippen molar-refractivity contribution in [3.63, 3.8) is 0 Å². The standard InChI is InChI=1S/C17H27NO2/c1-5-12(3)18(6-2)16-10-7-13-11-14(20-4)8-9-15(13)17(16)19/h8-9,11-12,16-17,19H,5-7,10H2,1-4H3. The Morgan fingerprint density at radius 3 is 2.75 bits per heavy atom. The number of aryl methyl sites for hydroxylation is 1. The van der Waals surface area contributed by atoms with Gasteiger partial charge in [0.05, 0.1) is 13.2 Å². The molecule has 0 heterocycles. The summed E-state index contributed by atoms with van der Waals surface area (Å²) in [5, 5.41) is 10.7. The van der Waals surface area contributed by atoms with Crippen molar-refractivity contribution < 1.29 is 9.84 Å². The van der Waals surface area contributed by atoms with E-state index >= 15 is 0 Å². The second-order valence-corrected chi connectivity index (χ2v) is 5.70. The maximum atomic E-state index is 10.7. The third-order valence-electron chi connectivity index (χ3n) is 4.69. The highest BCUT2D eigenvalue weighted by Crippen LogP contribution is 2.35. The van der Waals surface area contributed by atoms with E-state index < -0.39 is 6.10 Å². The number of methoxy groups -OCH3 is 1. The van der Waals surface area contributed by atoms with E-state index in [1.54, 1.807) is 7.11 Å². The number of aliphatic hydroxyl groups is 1. The highest BCUT2D eigenvalue weighted by Gasteiger charge is 2.33. The molecular weight excluding hydrogens is 250 g/mol. The summed E-state index contributed by atoms with van der Waals surface area (Å²) in [5.74, 6) is 0.878. The Labute approximate surface area is 122 Å². The first-order valence-electron chi connectivity index (χ1n) is 7.72. The van der Waals surface area contributed by atoms with Crippen molar-refractivity contribution in [1.29, 1.82) is 0 Å². The van der Waals surface area contributed by atoms with Crippen molar-refractivity contribution in [3.05, 3.63) is 29.3 Å². The lowest BCUT2D eigenvalue weighted by atomic mass is 9.84. The molecule has 20 heavy (non-hydrogen) atoms. The third-order valence-corrected chi connectivity index (χ3v) is 4.69. The van der Waals surface area contributed by atoms with Crippen molar-refractivity contribution in [2.45, 2.75) is 58.2 Å². The lowest BCUT2D eigenvalue weighted by molar-refractivity contribution is 0.0176. The van der Waals surface area contributed by atoms with Crippen LogP contribution in [0.1, 0.15) is 50.8 Å². The minimum Gasteiger partial charge on any atom is -0.497 e. The molecule has 3 unspecified atom stereocenters. The fraction of sp³-hybridized carbons (Fsp3) is 0.647. The van der Waals surface area contributed by atoms with Crippen LogP contribution < -0.4 is 4.74 Å². The van der Waals surface area contributed by atoms with Crippen LogP contribution in [0, 0.1) is 0 Å². The fourth-order valence-corrected chi connectivity index (χ4v) is 3.34. The maximum Gasteiger partial charge on any atom is 0.119 e. The average molecular weight is 277 g/mol. The van der Waals surface area contributed by atoms with Gasteiger partial charge in [0.2, 0.25) is 0 Å². The predicted octanol–water partition coefficient (Wildman–Crippen LogP) is 3.16. The summed E-state index contributed by atoms with van der Waals surface area (Å²) < 4.78 is 5.27. The number of hydrogen-bond donors (Lipinski definition) is 1. The number of likely N-dealkylation sites (N-methyl/N-ethyl adjacent to an activating group) is 1. The normalized spacial score (nSPS) is 23.5. The zero-order valence-electron chi connectivity index (χ0n) is 13.1. The van der Waals surface area contributed by atoms with Crippen LogP contribution in [0.4, 0.5) is 0 Å². The van der Waals surface area contributed by atoms with Crippen LogP contribution in [-0.2, 0) is 6.42 Å². The first-order chi connectivity index (χ1) is 9.62. The van der Waals surface area contributed by atoms with Crippen molar-refractivity contribution in [2.75, 3.05) is 13.7 Å². The van der Waals surface area contributed by atoms with E-state index in [0.29, 0.717) is 6.04 Å². The van der Waals surface area contributed by atoms with E-state index in [0.717, 1.165) is 37.1 Å². The van der Waals surface area contributed by atoms with Gasteiger partial charge >= 0.3 is 0 Å². The Bertz CT molecular complexity index is 447. The number of hydrogen-bond acceptors (Lipinski definition) is 3. The molecule has 0 aromatic heterocycles. The number of benzene rings is 1. The smallest absolute Gasteiger partial charge is 0.119 e. The summed E-state index contributed by atoms with van der Waals surface area (Å²) in [6.45, 7) is 7.63. The molecule has 0 saturated carbocycles. The van der Waals surface area contributed by atoms with Gasteiger partial charge in [0.15, 0.2) is 0 Å². The Balaban J connectivity index is 2.24. The summed E-state index contributed by atoms with van der Waals surface area (Å²) in [5.41, 5.74) is 2.30. The molecule has 0 amide bonds. The predicted molar refractivity (Wildman–Crippen MR) is 82.2 cm³/mol. The summed E-state index contributed by atoms with van der Waals surface area (Å²) in [6.07, 6.45) is 2.76. The maximum absolute atomic E-state index is 10.7. The molecular formula is C17H27NO2. The molecule has 0 spiro atoms. The second kappa shape index (κ2) is 6.59. The second-order valence-electron chi connectivity index (χ2n) is 5.70. The van der Waals surface area contributed by atoms with Crippen LogP contribution >= 0.6 is 0 Å². The van der Waals surface area contributed by atoms with Crippen molar-refractivity contribution in [2.24, 2.45) is 0 Å². The summed E-state index contributed by atoms with van der Waals surface area (Å²) >= 11 is 0. The molecule has 0 bridgehead atoms. The highest BCUT2D eigenvalue weighted by molar-refractivity contribution is 5.39. The first kappa shape index (κ1) is 15.3. The van der Waals surface area contributed by atoms with Gasteiger partial charge in [-0.2, -0.15) is 0 Å². The number of rotatable bonds is 5. The summed E-state index contributed by atoms with van der Waals surface area (Å²) in [7, 11) is 1.69. The van der Waals surface area contributed by atoms with Gasteiger partial charge in [-0.3, -0.25) is 4.90 Å². The Morgan fingerprint density at radius 2 is 2.15 bits per heavy atom. The molecule has 1 aliphatic carbocycles. The van der Waals surface area contributed by atoms with E-state index in [1.807, 2.05) is 12.1 Å². The topological polar surface area (TPSA) is 32.7 Å². The number of fused-ring (bicyclic) bond motifs is 1. The van der Waals surface area contributed by atoms with Crippen molar-refractivity contribution in [1.82, 2.24) is 4.90 Å². The lowest BCUT2D eigenvalue weighted by Gasteiger charge is -2.41. The van der Waals surface area contributed by atoms with Gasteiger partial charge in [-0.05, 0) is 56.0 Å². The highest BCUT2D eigenvalue weighted by atomic mass is 16.5. The minimum atomic E-state index is -0.390. The van der Waals surface area contributed by atoms with Gasteiger partial charge in [-0.25, -0.2) is 0 Å². The molecule has 2 rings (SSSR count). The van der Waals surface area contributed by atoms with Gasteiger partial charge in [-0.1, -0.05) is 19.9 Å². The molecule has 112 valence electrons. The Kier molecular flexibility index (Phi) is 5.06. The molecule has 0 aliphatic heterocycles. The molecule has 0 saturated heterocycles. The Hall–Kier alpha value is -1.06. The van der Waals surface area contributed by atoms with Crippen LogP contribution in [0.25, 0.3) is 0 Å². The zero-order chi connectivity index (χ0) is 14.7. The van der Waals surface area contributed by atoms with Crippen LogP contribution in [-0.4, -0.2) is 35.7 Å². The monoisotopic (exact) mass is 277 g/mol. The van der Waals surface area contributed by atoms with Gasteiger partial charge in [0.1, 0.15) is 5.75 Å². The van der Waals surface area contributed by atoms with Crippen LogP contribution in [0.2, 0.25) is 0 Å². The molecule has 1 aromatic carbocycles. The fourth-order valence-electron chi connectivity index (χ4n) is 3.34. The molecule has 3 nitrogen and oxygen atoms in total. The van der Waals surface area contributed by atoms with E-state index in [1.165, 1.54) is 5.56 Å². The number of ether oxygens (including phenoxy) is 1. The zero-order valence-corrected chi connectivity index (χ0v) is 13.1. The number of nitrogens with zero attached hydrogens (tertiary/aromatic N) is 1.